The van der Waals surface area contributed by atoms with Gasteiger partial charge < -0.3 is 26.6 Å². The lowest BCUT2D eigenvalue weighted by atomic mass is 10.0. The first kappa shape index (κ1) is 32.9. The molecule has 6 nitrogen and oxygen atoms in total. The van der Waals surface area contributed by atoms with Crippen LogP contribution in [0.25, 0.3) is 21.5 Å². The van der Waals surface area contributed by atoms with E-state index in [4.69, 9.17) is 26.6 Å². The molecule has 0 atom stereocenters. The van der Waals surface area contributed by atoms with Crippen molar-refractivity contribution in [1.29, 1.82) is 0 Å². The van der Waals surface area contributed by atoms with Crippen LogP contribution in [0.2, 0.25) is 0 Å². The maximum absolute atomic E-state index is 6.78. The van der Waals surface area contributed by atoms with E-state index in [1.807, 2.05) is 20.8 Å². The molecule has 0 saturated heterocycles. The minimum Gasteiger partial charge on any atom is -0.370 e. The van der Waals surface area contributed by atoms with Gasteiger partial charge in [0.2, 0.25) is 0 Å². The summed E-state index contributed by atoms with van der Waals surface area (Å²) in [5, 5.41) is 6.38. The topological polar surface area (TPSA) is 55.4 Å². The van der Waals surface area contributed by atoms with Crippen molar-refractivity contribution in [2.24, 2.45) is 0 Å². The molecule has 0 aliphatic carbocycles. The third-order valence-electron chi connectivity index (χ3n) is 5.83. The van der Waals surface area contributed by atoms with Gasteiger partial charge in [-0.15, -0.1) is 0 Å². The van der Waals surface area contributed by atoms with Gasteiger partial charge in [-0.25, -0.2) is 0 Å². The summed E-state index contributed by atoms with van der Waals surface area (Å²) in [6, 6.07) is 17.2. The molecule has 0 heterocycles. The van der Waals surface area contributed by atoms with Crippen LogP contribution in [-0.2, 0) is 26.6 Å². The van der Waals surface area contributed by atoms with E-state index in [9.17, 15) is 0 Å². The third kappa shape index (κ3) is 8.23. The van der Waals surface area contributed by atoms with E-state index in [0.29, 0.717) is 19.8 Å². The quantitative estimate of drug-likeness (QED) is 0.181. The van der Waals surface area contributed by atoms with Crippen LogP contribution in [-0.4, -0.2) is 54.2 Å². The summed E-state index contributed by atoms with van der Waals surface area (Å²) in [6.45, 7) is 26.0. The summed E-state index contributed by atoms with van der Waals surface area (Å²) < 4.78 is 38.8. The molecule has 0 amide bonds. The van der Waals surface area contributed by atoms with Crippen LogP contribution in [0.15, 0.2) is 48.5 Å². The minimum absolute atomic E-state index is 0.463. The van der Waals surface area contributed by atoms with E-state index >= 15 is 0 Å². The molecule has 0 aliphatic rings. The van der Waals surface area contributed by atoms with E-state index in [0.717, 1.165) is 31.9 Å². The van der Waals surface area contributed by atoms with Crippen molar-refractivity contribution in [3.05, 3.63) is 48.5 Å². The molecule has 0 saturated carbocycles. The van der Waals surface area contributed by atoms with Crippen molar-refractivity contribution in [1.82, 2.24) is 0 Å². The number of fused-ring (bicyclic) bond motifs is 2. The van der Waals surface area contributed by atoms with Gasteiger partial charge in [0.1, 0.15) is 0 Å². The standard InChI is InChI=1S/C32H50O6Si2/c1-13-33-39(34-14-2,35-15-3)28-18-16-24-21-27-23-29(19-17-25(27)20-26(24)22-28)40(36-30(4,5)6,37-31(7,8)9)38-32(10,11)12/h16-23H,13-15H2,1-12H3. The van der Waals surface area contributed by atoms with Crippen molar-refractivity contribution in [3.63, 3.8) is 0 Å². The van der Waals surface area contributed by atoms with Crippen LogP contribution < -0.4 is 10.4 Å². The van der Waals surface area contributed by atoms with Crippen LogP contribution in [0, 0.1) is 0 Å². The number of rotatable bonds is 11. The molecule has 0 aromatic heterocycles. The number of hydrogen-bond donors (Lipinski definition) is 0. The summed E-state index contributed by atoms with van der Waals surface area (Å²) in [5.74, 6) is 0. The zero-order valence-corrected chi connectivity index (χ0v) is 28.7. The van der Waals surface area contributed by atoms with Gasteiger partial charge in [0, 0.05) is 30.2 Å². The van der Waals surface area contributed by atoms with Crippen LogP contribution in [0.4, 0.5) is 0 Å². The average Bonchev–Trinajstić information content (AvgIpc) is 2.79. The highest BCUT2D eigenvalue weighted by Crippen LogP contribution is 2.31. The first-order valence-corrected chi connectivity index (χ1v) is 17.9. The highest BCUT2D eigenvalue weighted by Gasteiger charge is 2.52. The summed E-state index contributed by atoms with van der Waals surface area (Å²) in [7, 11) is -6.37. The molecule has 0 N–H and O–H groups in total. The molecule has 40 heavy (non-hydrogen) atoms. The highest BCUT2D eigenvalue weighted by molar-refractivity contribution is 6.76. The zero-order valence-electron chi connectivity index (χ0n) is 26.7. The normalized spacial score (nSPS) is 13.9. The lowest BCUT2D eigenvalue weighted by molar-refractivity contribution is -0.0655. The molecule has 3 aromatic carbocycles. The monoisotopic (exact) mass is 586 g/mol. The highest BCUT2D eigenvalue weighted by atomic mass is 28.4. The Morgan fingerprint density at radius 1 is 0.450 bits per heavy atom. The van der Waals surface area contributed by atoms with Crippen molar-refractivity contribution in [3.8, 4) is 0 Å². The second-order valence-electron chi connectivity index (χ2n) is 13.0. The molecule has 0 unspecified atom stereocenters. The van der Waals surface area contributed by atoms with Gasteiger partial charge in [-0.1, -0.05) is 24.3 Å². The van der Waals surface area contributed by atoms with Gasteiger partial charge in [-0.3, -0.25) is 0 Å². The fourth-order valence-electron chi connectivity index (χ4n) is 4.77. The Bertz CT molecular complexity index is 1230. The number of benzene rings is 3. The molecule has 8 heteroatoms. The maximum atomic E-state index is 6.78. The van der Waals surface area contributed by atoms with Gasteiger partial charge in [0.05, 0.1) is 16.8 Å². The van der Waals surface area contributed by atoms with Gasteiger partial charge >= 0.3 is 17.6 Å². The van der Waals surface area contributed by atoms with E-state index in [-0.39, 0.29) is 0 Å². The van der Waals surface area contributed by atoms with Crippen molar-refractivity contribution in [2.45, 2.75) is 99.9 Å². The van der Waals surface area contributed by atoms with Crippen molar-refractivity contribution in [2.75, 3.05) is 19.8 Å². The Morgan fingerprint density at radius 3 is 1.07 bits per heavy atom. The van der Waals surface area contributed by atoms with Crippen molar-refractivity contribution >= 4 is 49.5 Å². The van der Waals surface area contributed by atoms with Crippen LogP contribution in [0.5, 0.6) is 0 Å². The van der Waals surface area contributed by atoms with E-state index in [1.165, 1.54) is 0 Å². The van der Waals surface area contributed by atoms with Gasteiger partial charge in [-0.2, -0.15) is 0 Å². The van der Waals surface area contributed by atoms with E-state index in [2.05, 4.69) is 111 Å². The summed E-state index contributed by atoms with van der Waals surface area (Å²) in [5.41, 5.74) is -1.39. The third-order valence-corrected chi connectivity index (χ3v) is 12.5. The molecule has 3 aromatic rings. The predicted molar refractivity (Wildman–Crippen MR) is 170 cm³/mol. The van der Waals surface area contributed by atoms with E-state index < -0.39 is 34.4 Å². The molecule has 0 bridgehead atoms. The van der Waals surface area contributed by atoms with Gasteiger partial charge in [-0.05, 0) is 129 Å². The Morgan fingerprint density at radius 2 is 0.775 bits per heavy atom. The largest absolute Gasteiger partial charge is 0.538 e. The van der Waals surface area contributed by atoms with Crippen LogP contribution in [0.1, 0.15) is 83.1 Å². The Kier molecular flexibility index (Phi) is 10.1. The molecule has 0 radical (unpaired) electrons. The summed E-state index contributed by atoms with van der Waals surface area (Å²) in [6.07, 6.45) is 0. The SMILES string of the molecule is CCO[Si](OCC)(OCC)c1ccc2cc3cc([Si](OC(C)(C)C)(OC(C)(C)C)OC(C)(C)C)ccc3cc2c1. The molecular formula is C32H50O6Si2. The van der Waals surface area contributed by atoms with E-state index in [1.54, 1.807) is 0 Å². The lowest BCUT2D eigenvalue weighted by Crippen LogP contribution is -2.64. The first-order valence-electron chi connectivity index (χ1n) is 14.5. The average molecular weight is 587 g/mol. The maximum Gasteiger partial charge on any atom is 0.538 e. The molecule has 3 rings (SSSR count). The Labute approximate surface area is 244 Å². The Hall–Kier alpha value is -1.63. The molecule has 222 valence electrons. The second kappa shape index (κ2) is 12.3. The zero-order chi connectivity index (χ0) is 30.0. The first-order chi connectivity index (χ1) is 18.4. The molecule has 0 aliphatic heterocycles. The van der Waals surface area contributed by atoms with Crippen LogP contribution >= 0.6 is 0 Å². The molecule has 0 spiro atoms. The lowest BCUT2D eigenvalue weighted by Gasteiger charge is -2.43. The predicted octanol–water partition coefficient (Wildman–Crippen LogP) is 6.84. The fraction of sp³-hybridized carbons (Fsp3) is 0.562. The second-order valence-corrected chi connectivity index (χ2v) is 17.9. The smallest absolute Gasteiger partial charge is 0.370 e. The van der Waals surface area contributed by atoms with Gasteiger partial charge in [0.25, 0.3) is 0 Å². The van der Waals surface area contributed by atoms with Crippen LogP contribution in [0.3, 0.4) is 0 Å². The minimum atomic E-state index is -3.37. The summed E-state index contributed by atoms with van der Waals surface area (Å²) in [4.78, 5) is 0. The fourth-order valence-corrected chi connectivity index (χ4v) is 10.8. The summed E-state index contributed by atoms with van der Waals surface area (Å²) >= 11 is 0. The molecular weight excluding hydrogens is 537 g/mol. The molecule has 0 fully saturated rings. The van der Waals surface area contributed by atoms with Crippen molar-refractivity contribution < 1.29 is 26.6 Å². The van der Waals surface area contributed by atoms with Gasteiger partial charge in [0.15, 0.2) is 0 Å². The Balaban J connectivity index is 2.20. The number of hydrogen-bond acceptors (Lipinski definition) is 6.